The van der Waals surface area contributed by atoms with Gasteiger partial charge in [0.2, 0.25) is 5.95 Å². The van der Waals surface area contributed by atoms with Gasteiger partial charge in [-0.25, -0.2) is 9.97 Å². The lowest BCUT2D eigenvalue weighted by atomic mass is 10.2. The Morgan fingerprint density at radius 2 is 2.05 bits per heavy atom. The highest BCUT2D eigenvalue weighted by Crippen LogP contribution is 2.20. The Morgan fingerprint density at radius 1 is 1.33 bits per heavy atom. The fourth-order valence-electron chi connectivity index (χ4n) is 2.02. The molecule has 0 fully saturated rings. The van der Waals surface area contributed by atoms with E-state index in [-0.39, 0.29) is 5.84 Å². The fraction of sp³-hybridized carbons (Fsp3) is 0.267. The van der Waals surface area contributed by atoms with Gasteiger partial charge in [-0.05, 0) is 19.1 Å². The highest BCUT2D eigenvalue weighted by molar-refractivity contribution is 5.93. The molecule has 1 heterocycles. The number of nitrogens with one attached hydrogen (secondary N) is 1. The summed E-state index contributed by atoms with van der Waals surface area (Å²) in [6.45, 7) is 2.46. The van der Waals surface area contributed by atoms with Crippen molar-refractivity contribution in [3.8, 4) is 5.75 Å². The molecule has 0 aliphatic heterocycles. The quantitative estimate of drug-likeness (QED) is 0.645. The number of amidine groups is 1. The second kappa shape index (κ2) is 6.21. The van der Waals surface area contributed by atoms with Crippen molar-refractivity contribution in [3.63, 3.8) is 0 Å². The summed E-state index contributed by atoms with van der Waals surface area (Å²) in [5, 5.41) is 7.50. The van der Waals surface area contributed by atoms with Gasteiger partial charge in [0.1, 0.15) is 17.3 Å². The molecule has 110 valence electrons. The second-order valence-corrected chi connectivity index (χ2v) is 4.78. The summed E-state index contributed by atoms with van der Waals surface area (Å²) in [6.07, 6.45) is 0. The van der Waals surface area contributed by atoms with E-state index in [1.54, 1.807) is 13.2 Å². The summed E-state index contributed by atoms with van der Waals surface area (Å²) >= 11 is 0. The minimum absolute atomic E-state index is 0.0626. The van der Waals surface area contributed by atoms with Crippen molar-refractivity contribution >= 4 is 11.8 Å². The first-order chi connectivity index (χ1) is 10.0. The van der Waals surface area contributed by atoms with Gasteiger partial charge in [0.05, 0.1) is 7.11 Å². The second-order valence-electron chi connectivity index (χ2n) is 4.78. The maximum atomic E-state index is 7.50. The molecule has 0 atom stereocenters. The molecule has 0 radical (unpaired) electrons. The SMILES string of the molecule is COc1ccccc1CN(C)c1nc(C)cc(C(=N)N)n1. The van der Waals surface area contributed by atoms with Crippen molar-refractivity contribution in [1.82, 2.24) is 9.97 Å². The van der Waals surface area contributed by atoms with Crippen molar-refractivity contribution in [2.75, 3.05) is 19.1 Å². The molecule has 6 nitrogen and oxygen atoms in total. The fourth-order valence-corrected chi connectivity index (χ4v) is 2.02. The van der Waals surface area contributed by atoms with E-state index in [0.717, 1.165) is 17.0 Å². The summed E-state index contributed by atoms with van der Waals surface area (Å²) in [6, 6.07) is 9.50. The zero-order valence-electron chi connectivity index (χ0n) is 12.4. The monoisotopic (exact) mass is 285 g/mol. The molecule has 0 aliphatic rings. The van der Waals surface area contributed by atoms with Crippen molar-refractivity contribution in [2.24, 2.45) is 5.73 Å². The van der Waals surface area contributed by atoms with Crippen LogP contribution in [0.15, 0.2) is 30.3 Å². The number of aromatic nitrogens is 2. The van der Waals surface area contributed by atoms with Crippen molar-refractivity contribution in [1.29, 1.82) is 5.41 Å². The lowest BCUT2D eigenvalue weighted by Gasteiger charge is -2.19. The van der Waals surface area contributed by atoms with Crippen LogP contribution in [0.4, 0.5) is 5.95 Å². The molecule has 0 spiro atoms. The van der Waals surface area contributed by atoms with Crippen LogP contribution in [0.25, 0.3) is 0 Å². The number of ether oxygens (including phenoxy) is 1. The van der Waals surface area contributed by atoms with Crippen LogP contribution in [0.2, 0.25) is 0 Å². The molecule has 2 rings (SSSR count). The first-order valence-corrected chi connectivity index (χ1v) is 6.54. The molecule has 0 amide bonds. The molecule has 0 saturated carbocycles. The summed E-state index contributed by atoms with van der Waals surface area (Å²) in [7, 11) is 3.54. The predicted molar refractivity (Wildman–Crippen MR) is 82.9 cm³/mol. The average Bonchev–Trinajstić information content (AvgIpc) is 2.47. The van der Waals surface area contributed by atoms with Crippen LogP contribution in [0.3, 0.4) is 0 Å². The van der Waals surface area contributed by atoms with Gasteiger partial charge < -0.3 is 15.4 Å². The summed E-state index contributed by atoms with van der Waals surface area (Å²) in [5.74, 6) is 1.29. The molecule has 6 heteroatoms. The number of para-hydroxylation sites is 1. The largest absolute Gasteiger partial charge is 0.496 e. The predicted octanol–water partition coefficient (Wildman–Crippen LogP) is 1.71. The normalized spacial score (nSPS) is 10.2. The molecular weight excluding hydrogens is 266 g/mol. The zero-order valence-corrected chi connectivity index (χ0v) is 12.4. The van der Waals surface area contributed by atoms with E-state index in [1.807, 2.05) is 43.1 Å². The van der Waals surface area contributed by atoms with Gasteiger partial charge in [-0.15, -0.1) is 0 Å². The maximum Gasteiger partial charge on any atom is 0.226 e. The Bertz CT molecular complexity index is 656. The smallest absolute Gasteiger partial charge is 0.226 e. The molecule has 0 unspecified atom stereocenters. The summed E-state index contributed by atoms with van der Waals surface area (Å²) < 4.78 is 5.35. The number of hydrogen-bond donors (Lipinski definition) is 2. The van der Waals surface area contributed by atoms with Gasteiger partial charge in [-0.2, -0.15) is 0 Å². The van der Waals surface area contributed by atoms with E-state index in [2.05, 4.69) is 9.97 Å². The third-order valence-corrected chi connectivity index (χ3v) is 3.06. The van der Waals surface area contributed by atoms with Crippen LogP contribution >= 0.6 is 0 Å². The summed E-state index contributed by atoms with van der Waals surface area (Å²) in [5.41, 5.74) is 7.75. The Balaban J connectivity index is 2.28. The van der Waals surface area contributed by atoms with Crippen molar-refractivity contribution < 1.29 is 4.74 Å². The number of aryl methyl sites for hydroxylation is 1. The number of nitrogen functional groups attached to an aromatic ring is 1. The Hall–Kier alpha value is -2.63. The van der Waals surface area contributed by atoms with Gasteiger partial charge in [0, 0.05) is 24.8 Å². The van der Waals surface area contributed by atoms with E-state index < -0.39 is 0 Å². The first-order valence-electron chi connectivity index (χ1n) is 6.54. The number of nitrogens with zero attached hydrogens (tertiary/aromatic N) is 3. The van der Waals surface area contributed by atoms with E-state index >= 15 is 0 Å². The van der Waals surface area contributed by atoms with E-state index in [1.165, 1.54) is 0 Å². The standard InChI is InChI=1S/C15H19N5O/c1-10-8-12(14(16)17)19-15(18-10)20(2)9-11-6-4-5-7-13(11)21-3/h4-8H,9H2,1-3H3,(H3,16,17). The van der Waals surface area contributed by atoms with Crippen LogP contribution in [0.1, 0.15) is 17.0 Å². The number of rotatable bonds is 5. The topological polar surface area (TPSA) is 88.1 Å². The number of benzene rings is 1. The molecule has 0 bridgehead atoms. The van der Waals surface area contributed by atoms with Gasteiger partial charge in [0.25, 0.3) is 0 Å². The molecule has 2 aromatic rings. The lowest BCUT2D eigenvalue weighted by molar-refractivity contribution is 0.409. The molecule has 1 aromatic carbocycles. The molecule has 21 heavy (non-hydrogen) atoms. The number of methoxy groups -OCH3 is 1. The molecule has 0 aliphatic carbocycles. The first kappa shape index (κ1) is 14.8. The van der Waals surface area contributed by atoms with E-state index in [9.17, 15) is 0 Å². The Morgan fingerprint density at radius 3 is 2.71 bits per heavy atom. The van der Waals surface area contributed by atoms with Gasteiger partial charge in [-0.3, -0.25) is 5.41 Å². The zero-order chi connectivity index (χ0) is 15.4. The van der Waals surface area contributed by atoms with Gasteiger partial charge in [0.15, 0.2) is 0 Å². The molecular formula is C15H19N5O. The Kier molecular flexibility index (Phi) is 4.37. The molecule has 1 aromatic heterocycles. The molecule has 0 saturated heterocycles. The minimum atomic E-state index is -0.0626. The van der Waals surface area contributed by atoms with Crippen LogP contribution in [0.5, 0.6) is 5.75 Å². The van der Waals surface area contributed by atoms with Crippen LogP contribution in [0, 0.1) is 12.3 Å². The number of nitrogens with two attached hydrogens (primary N) is 1. The van der Waals surface area contributed by atoms with Crippen LogP contribution in [-0.2, 0) is 6.54 Å². The number of anilines is 1. The Labute approximate surface area is 124 Å². The minimum Gasteiger partial charge on any atom is -0.496 e. The van der Waals surface area contributed by atoms with Gasteiger partial charge >= 0.3 is 0 Å². The average molecular weight is 285 g/mol. The van der Waals surface area contributed by atoms with Crippen LogP contribution in [-0.4, -0.2) is 30.0 Å². The van der Waals surface area contributed by atoms with Gasteiger partial charge in [-0.1, -0.05) is 18.2 Å². The van der Waals surface area contributed by atoms with Crippen LogP contribution < -0.4 is 15.4 Å². The van der Waals surface area contributed by atoms with E-state index in [4.69, 9.17) is 15.9 Å². The molecule has 3 N–H and O–H groups in total. The van der Waals surface area contributed by atoms with Crippen molar-refractivity contribution in [2.45, 2.75) is 13.5 Å². The third-order valence-electron chi connectivity index (χ3n) is 3.06. The maximum absolute atomic E-state index is 7.50. The summed E-state index contributed by atoms with van der Waals surface area (Å²) in [4.78, 5) is 10.6. The highest BCUT2D eigenvalue weighted by atomic mass is 16.5. The number of hydrogen-bond acceptors (Lipinski definition) is 5. The van der Waals surface area contributed by atoms with Crippen molar-refractivity contribution in [3.05, 3.63) is 47.3 Å². The van der Waals surface area contributed by atoms with E-state index in [0.29, 0.717) is 18.2 Å². The lowest BCUT2D eigenvalue weighted by Crippen LogP contribution is -2.22. The highest BCUT2D eigenvalue weighted by Gasteiger charge is 2.11. The third kappa shape index (κ3) is 3.47.